The second-order valence-corrected chi connectivity index (χ2v) is 7.79. The minimum absolute atomic E-state index is 0.141. The quantitative estimate of drug-likeness (QED) is 0.268. The molecule has 4 aromatic rings. The van der Waals surface area contributed by atoms with Gasteiger partial charge in [0.15, 0.2) is 6.23 Å². The van der Waals surface area contributed by atoms with Crippen molar-refractivity contribution in [3.63, 3.8) is 0 Å². The SMILES string of the molecule is Oc1ccc2c(CNc3ccsc3C(O)Nc3ccc(OC(F)(F)F)cc3)ccnc2c1. The number of hydrogen-bond acceptors (Lipinski definition) is 7. The molecule has 0 aliphatic carbocycles. The lowest BCUT2D eigenvalue weighted by atomic mass is 10.1. The van der Waals surface area contributed by atoms with Crippen LogP contribution in [0.4, 0.5) is 24.5 Å². The zero-order chi connectivity index (χ0) is 22.7. The molecule has 0 bridgehead atoms. The molecule has 0 amide bonds. The van der Waals surface area contributed by atoms with Crippen molar-refractivity contribution in [1.29, 1.82) is 0 Å². The number of aliphatic hydroxyl groups excluding tert-OH is 1. The lowest BCUT2D eigenvalue weighted by Gasteiger charge is -2.16. The van der Waals surface area contributed by atoms with Crippen molar-refractivity contribution < 1.29 is 28.1 Å². The van der Waals surface area contributed by atoms with Crippen LogP contribution >= 0.6 is 11.3 Å². The standard InChI is InChI=1S/C22H18F3N3O3S/c23-22(24,25)31-16-4-1-14(2-5-16)28-21(30)20-18(8-10-32-20)27-12-13-7-9-26-19-11-15(29)3-6-17(13)19/h1-11,21,27-30H,12H2. The van der Waals surface area contributed by atoms with Gasteiger partial charge in [0.05, 0.1) is 16.1 Å². The maximum Gasteiger partial charge on any atom is 0.573 e. The Morgan fingerprint density at radius 2 is 1.84 bits per heavy atom. The molecule has 166 valence electrons. The molecule has 10 heteroatoms. The number of alkyl halides is 3. The summed E-state index contributed by atoms with van der Waals surface area (Å²) in [4.78, 5) is 4.88. The van der Waals surface area contributed by atoms with Gasteiger partial charge in [0.25, 0.3) is 0 Å². The van der Waals surface area contributed by atoms with Crippen LogP contribution in [0.25, 0.3) is 10.9 Å². The number of thiophene rings is 1. The second kappa shape index (κ2) is 8.93. The Bertz CT molecular complexity index is 1210. The van der Waals surface area contributed by atoms with E-state index in [1.165, 1.54) is 35.6 Å². The van der Waals surface area contributed by atoms with Gasteiger partial charge in [-0.3, -0.25) is 4.98 Å². The van der Waals surface area contributed by atoms with Crippen LogP contribution in [0.3, 0.4) is 0 Å². The van der Waals surface area contributed by atoms with Gasteiger partial charge in [0, 0.05) is 29.9 Å². The lowest BCUT2D eigenvalue weighted by molar-refractivity contribution is -0.274. The Hall–Kier alpha value is -3.50. The molecule has 1 unspecified atom stereocenters. The number of aromatic nitrogens is 1. The molecule has 6 nitrogen and oxygen atoms in total. The fraction of sp³-hybridized carbons (Fsp3) is 0.136. The molecule has 2 heterocycles. The Morgan fingerprint density at radius 3 is 2.59 bits per heavy atom. The van der Waals surface area contributed by atoms with Crippen LogP contribution in [-0.2, 0) is 6.54 Å². The van der Waals surface area contributed by atoms with Crippen molar-refractivity contribution in [1.82, 2.24) is 4.98 Å². The number of benzene rings is 2. The Morgan fingerprint density at radius 1 is 1.06 bits per heavy atom. The first-order valence-electron chi connectivity index (χ1n) is 9.47. The first-order chi connectivity index (χ1) is 15.3. The van der Waals surface area contributed by atoms with Gasteiger partial charge in [-0.25, -0.2) is 0 Å². The summed E-state index contributed by atoms with van der Waals surface area (Å²) in [5.41, 5.74) is 2.80. The molecule has 0 aliphatic rings. The highest BCUT2D eigenvalue weighted by Crippen LogP contribution is 2.32. The smallest absolute Gasteiger partial charge is 0.508 e. The fourth-order valence-electron chi connectivity index (χ4n) is 3.20. The number of aliphatic hydroxyl groups is 1. The number of halogens is 3. The summed E-state index contributed by atoms with van der Waals surface area (Å²) in [5.74, 6) is -0.198. The van der Waals surface area contributed by atoms with E-state index in [1.54, 1.807) is 24.4 Å². The Kier molecular flexibility index (Phi) is 6.06. The number of aromatic hydroxyl groups is 1. The lowest BCUT2D eigenvalue weighted by Crippen LogP contribution is -2.17. The van der Waals surface area contributed by atoms with Crippen molar-refractivity contribution in [3.05, 3.63) is 76.6 Å². The number of ether oxygens (including phenoxy) is 1. The monoisotopic (exact) mass is 461 g/mol. The Balaban J connectivity index is 1.43. The average molecular weight is 461 g/mol. The normalized spacial score (nSPS) is 12.5. The van der Waals surface area contributed by atoms with E-state index in [0.717, 1.165) is 16.6 Å². The van der Waals surface area contributed by atoms with E-state index in [-0.39, 0.29) is 11.5 Å². The van der Waals surface area contributed by atoms with Crippen LogP contribution in [0.1, 0.15) is 16.7 Å². The number of nitrogens with one attached hydrogen (secondary N) is 2. The average Bonchev–Trinajstić information content (AvgIpc) is 3.21. The van der Waals surface area contributed by atoms with E-state index in [0.29, 0.717) is 22.6 Å². The van der Waals surface area contributed by atoms with E-state index < -0.39 is 12.6 Å². The molecule has 1 atom stereocenters. The summed E-state index contributed by atoms with van der Waals surface area (Å²) >= 11 is 1.33. The van der Waals surface area contributed by atoms with Crippen LogP contribution < -0.4 is 15.4 Å². The Labute approximate surface area is 184 Å². The molecule has 4 rings (SSSR count). The minimum atomic E-state index is -4.76. The van der Waals surface area contributed by atoms with Gasteiger partial charge in [0.1, 0.15) is 11.5 Å². The predicted molar refractivity (Wildman–Crippen MR) is 117 cm³/mol. The zero-order valence-corrected chi connectivity index (χ0v) is 17.2. The van der Waals surface area contributed by atoms with Crippen molar-refractivity contribution in [3.8, 4) is 11.5 Å². The van der Waals surface area contributed by atoms with E-state index in [2.05, 4.69) is 20.4 Å². The zero-order valence-electron chi connectivity index (χ0n) is 16.4. The molecule has 4 N–H and O–H groups in total. The largest absolute Gasteiger partial charge is 0.573 e. The fourth-order valence-corrected chi connectivity index (χ4v) is 4.00. The van der Waals surface area contributed by atoms with Crippen LogP contribution in [0.5, 0.6) is 11.5 Å². The third kappa shape index (κ3) is 5.21. The van der Waals surface area contributed by atoms with Gasteiger partial charge in [-0.05, 0) is 59.5 Å². The molecule has 0 spiro atoms. The van der Waals surface area contributed by atoms with Gasteiger partial charge >= 0.3 is 6.36 Å². The number of rotatable bonds is 7. The van der Waals surface area contributed by atoms with Crippen molar-refractivity contribution in [2.24, 2.45) is 0 Å². The maximum absolute atomic E-state index is 12.3. The molecular formula is C22H18F3N3O3S. The van der Waals surface area contributed by atoms with Crippen LogP contribution in [0.2, 0.25) is 0 Å². The summed E-state index contributed by atoms with van der Waals surface area (Å²) in [7, 11) is 0. The van der Waals surface area contributed by atoms with Gasteiger partial charge in [0.2, 0.25) is 0 Å². The van der Waals surface area contributed by atoms with Gasteiger partial charge in [-0.1, -0.05) is 0 Å². The van der Waals surface area contributed by atoms with Crippen LogP contribution in [0.15, 0.2) is 66.2 Å². The molecule has 0 fully saturated rings. The summed E-state index contributed by atoms with van der Waals surface area (Å²) < 4.78 is 40.7. The van der Waals surface area contributed by atoms with Crippen LogP contribution in [-0.4, -0.2) is 21.6 Å². The highest BCUT2D eigenvalue weighted by atomic mass is 32.1. The minimum Gasteiger partial charge on any atom is -0.508 e. The predicted octanol–water partition coefficient (Wildman–Crippen LogP) is 5.62. The molecule has 32 heavy (non-hydrogen) atoms. The molecular weight excluding hydrogens is 443 g/mol. The molecule has 0 aliphatic heterocycles. The number of hydrogen-bond donors (Lipinski definition) is 4. The van der Waals surface area contributed by atoms with E-state index in [1.807, 2.05) is 17.5 Å². The number of phenolic OH excluding ortho intramolecular Hbond substituents is 1. The highest BCUT2D eigenvalue weighted by Gasteiger charge is 2.31. The topological polar surface area (TPSA) is 86.6 Å². The first-order valence-corrected chi connectivity index (χ1v) is 10.3. The summed E-state index contributed by atoms with van der Waals surface area (Å²) in [6.07, 6.45) is -4.17. The number of phenols is 1. The first kappa shape index (κ1) is 21.7. The summed E-state index contributed by atoms with van der Waals surface area (Å²) in [5, 5.41) is 29.1. The van der Waals surface area contributed by atoms with Crippen LogP contribution in [0, 0.1) is 0 Å². The molecule has 2 aromatic carbocycles. The second-order valence-electron chi connectivity index (χ2n) is 6.84. The number of anilines is 2. The number of fused-ring (bicyclic) bond motifs is 1. The number of pyridine rings is 1. The molecule has 0 radical (unpaired) electrons. The van der Waals surface area contributed by atoms with E-state index in [9.17, 15) is 23.4 Å². The van der Waals surface area contributed by atoms with Gasteiger partial charge in [-0.2, -0.15) is 0 Å². The summed E-state index contributed by atoms with van der Waals surface area (Å²) in [6.45, 7) is 0.462. The van der Waals surface area contributed by atoms with Gasteiger partial charge in [-0.15, -0.1) is 24.5 Å². The molecule has 2 aromatic heterocycles. The van der Waals surface area contributed by atoms with E-state index >= 15 is 0 Å². The van der Waals surface area contributed by atoms with Crippen molar-refractivity contribution in [2.45, 2.75) is 19.1 Å². The van der Waals surface area contributed by atoms with Crippen molar-refractivity contribution in [2.75, 3.05) is 10.6 Å². The maximum atomic E-state index is 12.3. The van der Waals surface area contributed by atoms with Gasteiger partial charge < -0.3 is 25.6 Å². The third-order valence-electron chi connectivity index (χ3n) is 4.62. The third-order valence-corrected chi connectivity index (χ3v) is 5.59. The highest BCUT2D eigenvalue weighted by molar-refractivity contribution is 7.10. The van der Waals surface area contributed by atoms with E-state index in [4.69, 9.17) is 0 Å². The molecule has 0 saturated heterocycles. The molecule has 0 saturated carbocycles. The summed E-state index contributed by atoms with van der Waals surface area (Å²) in [6, 6.07) is 13.8. The number of nitrogens with zero attached hydrogens (tertiary/aromatic N) is 1. The van der Waals surface area contributed by atoms with Crippen molar-refractivity contribution >= 4 is 33.6 Å².